The Hall–Kier alpha value is -1.64. The van der Waals surface area contributed by atoms with Gasteiger partial charge < -0.3 is 0 Å². The summed E-state index contributed by atoms with van der Waals surface area (Å²) < 4.78 is 2.25. The third-order valence-corrected chi connectivity index (χ3v) is 5.79. The Morgan fingerprint density at radius 3 is 2.00 bits per heavy atom. The van der Waals surface area contributed by atoms with E-state index in [1.165, 1.54) is 38.2 Å². The molecule has 0 aromatic heterocycles. The molecule has 0 radical (unpaired) electrons. The van der Waals surface area contributed by atoms with Gasteiger partial charge in [-0.3, -0.25) is 0 Å². The molecule has 0 atom stereocenters. The first-order chi connectivity index (χ1) is 11.1. The van der Waals surface area contributed by atoms with Gasteiger partial charge in [0, 0.05) is 8.95 Å². The lowest BCUT2D eigenvalue weighted by Gasteiger charge is -2.12. The molecule has 0 spiro atoms. The molecule has 0 heterocycles. The van der Waals surface area contributed by atoms with Gasteiger partial charge in [0.15, 0.2) is 0 Å². The Balaban J connectivity index is 2.07. The van der Waals surface area contributed by atoms with Crippen molar-refractivity contribution in [2.24, 2.45) is 0 Å². The molecule has 0 bridgehead atoms. The molecule has 0 unspecified atom stereocenters. The van der Waals surface area contributed by atoms with Crippen molar-refractivity contribution < 1.29 is 0 Å². The standard InChI is InChI=1S/C21H14Br2/c1-13-16(14-5-3-2-4-6-14)8-7-15-11-18-19(12-17(13)15)21(23)10-9-20(18)22/h2-12H,1H3. The Labute approximate surface area is 152 Å². The van der Waals surface area contributed by atoms with E-state index in [0.29, 0.717) is 0 Å². The van der Waals surface area contributed by atoms with Gasteiger partial charge in [-0.15, -0.1) is 0 Å². The lowest BCUT2D eigenvalue weighted by atomic mass is 9.93. The smallest absolute Gasteiger partial charge is 0.0254 e. The fourth-order valence-corrected chi connectivity index (χ4v) is 4.09. The molecular weight excluding hydrogens is 412 g/mol. The van der Waals surface area contributed by atoms with Gasteiger partial charge in [0.05, 0.1) is 0 Å². The Kier molecular flexibility index (Phi) is 3.74. The first kappa shape index (κ1) is 14.9. The highest BCUT2D eigenvalue weighted by Gasteiger charge is 2.09. The van der Waals surface area contributed by atoms with Crippen LogP contribution in [0.25, 0.3) is 32.7 Å². The highest BCUT2D eigenvalue weighted by Crippen LogP contribution is 2.37. The van der Waals surface area contributed by atoms with E-state index in [9.17, 15) is 0 Å². The van der Waals surface area contributed by atoms with Gasteiger partial charge in [-0.1, -0.05) is 74.3 Å². The average molecular weight is 426 g/mol. The fourth-order valence-electron chi connectivity index (χ4n) is 3.17. The van der Waals surface area contributed by atoms with Crippen molar-refractivity contribution in [3.05, 3.63) is 81.2 Å². The van der Waals surface area contributed by atoms with Crippen molar-refractivity contribution in [3.63, 3.8) is 0 Å². The second-order valence-electron chi connectivity index (χ2n) is 5.75. The molecule has 4 aromatic rings. The molecule has 0 saturated heterocycles. The minimum Gasteiger partial charge on any atom is -0.0622 e. The zero-order valence-electron chi connectivity index (χ0n) is 12.6. The number of hydrogen-bond donors (Lipinski definition) is 0. The van der Waals surface area contributed by atoms with Crippen LogP contribution >= 0.6 is 31.9 Å². The zero-order valence-corrected chi connectivity index (χ0v) is 15.8. The van der Waals surface area contributed by atoms with E-state index < -0.39 is 0 Å². The van der Waals surface area contributed by atoms with Crippen molar-refractivity contribution in [1.82, 2.24) is 0 Å². The monoisotopic (exact) mass is 424 g/mol. The Morgan fingerprint density at radius 1 is 0.652 bits per heavy atom. The predicted octanol–water partition coefficient (Wildman–Crippen LogP) is 7.49. The first-order valence-electron chi connectivity index (χ1n) is 7.51. The summed E-state index contributed by atoms with van der Waals surface area (Å²) in [5, 5.41) is 5.05. The quantitative estimate of drug-likeness (QED) is 0.277. The lowest BCUT2D eigenvalue weighted by molar-refractivity contribution is 1.51. The van der Waals surface area contributed by atoms with Gasteiger partial charge in [-0.2, -0.15) is 0 Å². The number of fused-ring (bicyclic) bond motifs is 2. The third kappa shape index (κ3) is 2.50. The summed E-state index contributed by atoms with van der Waals surface area (Å²) in [6, 6.07) is 23.8. The minimum atomic E-state index is 1.13. The molecule has 0 aliphatic carbocycles. The Bertz CT molecular complexity index is 1030. The summed E-state index contributed by atoms with van der Waals surface area (Å²) in [6.07, 6.45) is 0. The van der Waals surface area contributed by atoms with E-state index in [1.54, 1.807) is 0 Å². The molecule has 2 heteroatoms. The molecule has 0 fully saturated rings. The molecule has 0 saturated carbocycles. The topological polar surface area (TPSA) is 0 Å². The molecule has 0 amide bonds. The normalized spacial score (nSPS) is 11.3. The van der Waals surface area contributed by atoms with Gasteiger partial charge in [0.25, 0.3) is 0 Å². The fraction of sp³-hybridized carbons (Fsp3) is 0.0476. The molecule has 4 rings (SSSR count). The number of rotatable bonds is 1. The predicted molar refractivity (Wildman–Crippen MR) is 107 cm³/mol. The molecule has 4 aromatic carbocycles. The Morgan fingerprint density at radius 2 is 1.30 bits per heavy atom. The zero-order chi connectivity index (χ0) is 16.0. The summed E-state index contributed by atoms with van der Waals surface area (Å²) in [5.74, 6) is 0. The summed E-state index contributed by atoms with van der Waals surface area (Å²) in [7, 11) is 0. The second kappa shape index (κ2) is 5.77. The molecular formula is C21H14Br2. The maximum atomic E-state index is 3.68. The van der Waals surface area contributed by atoms with E-state index in [4.69, 9.17) is 0 Å². The van der Waals surface area contributed by atoms with Crippen molar-refractivity contribution in [2.75, 3.05) is 0 Å². The van der Waals surface area contributed by atoms with Crippen LogP contribution in [0.15, 0.2) is 75.7 Å². The summed E-state index contributed by atoms with van der Waals surface area (Å²) >= 11 is 7.35. The maximum Gasteiger partial charge on any atom is 0.0254 e. The number of halogens is 2. The van der Waals surface area contributed by atoms with E-state index in [-0.39, 0.29) is 0 Å². The highest BCUT2D eigenvalue weighted by atomic mass is 79.9. The van der Waals surface area contributed by atoms with Crippen LogP contribution in [0.1, 0.15) is 5.56 Å². The molecule has 23 heavy (non-hydrogen) atoms. The van der Waals surface area contributed by atoms with E-state index in [2.05, 4.69) is 106 Å². The molecule has 0 aliphatic rings. The van der Waals surface area contributed by atoms with Crippen LogP contribution in [-0.4, -0.2) is 0 Å². The van der Waals surface area contributed by atoms with Gasteiger partial charge in [-0.25, -0.2) is 0 Å². The summed E-state index contributed by atoms with van der Waals surface area (Å²) in [6.45, 7) is 2.21. The SMILES string of the molecule is Cc1c(-c2ccccc2)ccc2cc3c(Br)ccc(Br)c3cc12. The largest absolute Gasteiger partial charge is 0.0622 e. The lowest BCUT2D eigenvalue weighted by Crippen LogP contribution is -1.87. The van der Waals surface area contributed by atoms with Crippen molar-refractivity contribution >= 4 is 53.4 Å². The number of benzene rings is 4. The average Bonchev–Trinajstić information content (AvgIpc) is 2.59. The molecule has 0 nitrogen and oxygen atoms in total. The van der Waals surface area contributed by atoms with Gasteiger partial charge in [0.2, 0.25) is 0 Å². The summed E-state index contributed by atoms with van der Waals surface area (Å²) in [4.78, 5) is 0. The minimum absolute atomic E-state index is 1.13. The molecule has 112 valence electrons. The van der Waals surface area contributed by atoms with Crippen LogP contribution in [0, 0.1) is 6.92 Å². The number of hydrogen-bond acceptors (Lipinski definition) is 0. The first-order valence-corrected chi connectivity index (χ1v) is 9.10. The second-order valence-corrected chi connectivity index (χ2v) is 7.46. The molecule has 0 aliphatic heterocycles. The third-order valence-electron chi connectivity index (χ3n) is 4.40. The van der Waals surface area contributed by atoms with Crippen LogP contribution in [0.3, 0.4) is 0 Å². The number of aryl methyl sites for hydroxylation is 1. The van der Waals surface area contributed by atoms with E-state index in [1.807, 2.05) is 0 Å². The van der Waals surface area contributed by atoms with Gasteiger partial charge in [-0.05, 0) is 69.4 Å². The van der Waals surface area contributed by atoms with Crippen LogP contribution in [0.4, 0.5) is 0 Å². The van der Waals surface area contributed by atoms with E-state index in [0.717, 1.165) is 8.95 Å². The van der Waals surface area contributed by atoms with Crippen LogP contribution in [-0.2, 0) is 0 Å². The van der Waals surface area contributed by atoms with Gasteiger partial charge in [0.1, 0.15) is 0 Å². The molecule has 0 N–H and O–H groups in total. The van der Waals surface area contributed by atoms with Gasteiger partial charge >= 0.3 is 0 Å². The van der Waals surface area contributed by atoms with E-state index >= 15 is 0 Å². The van der Waals surface area contributed by atoms with Crippen molar-refractivity contribution in [1.29, 1.82) is 0 Å². The van der Waals surface area contributed by atoms with Crippen molar-refractivity contribution in [2.45, 2.75) is 6.92 Å². The summed E-state index contributed by atoms with van der Waals surface area (Å²) in [5.41, 5.74) is 3.88. The maximum absolute atomic E-state index is 3.68. The van der Waals surface area contributed by atoms with Crippen molar-refractivity contribution in [3.8, 4) is 11.1 Å². The highest BCUT2D eigenvalue weighted by molar-refractivity contribution is 9.11. The van der Waals surface area contributed by atoms with Crippen LogP contribution in [0.5, 0.6) is 0 Å². The van der Waals surface area contributed by atoms with Crippen LogP contribution < -0.4 is 0 Å². The van der Waals surface area contributed by atoms with Crippen LogP contribution in [0.2, 0.25) is 0 Å².